The second-order valence-corrected chi connectivity index (χ2v) is 9.76. The van der Waals surface area contributed by atoms with E-state index in [9.17, 15) is 18.7 Å². The third kappa shape index (κ3) is 6.27. The molecule has 0 spiro atoms. The van der Waals surface area contributed by atoms with Crippen LogP contribution < -0.4 is 4.90 Å². The first kappa shape index (κ1) is 25.3. The quantitative estimate of drug-likeness (QED) is 0.429. The van der Waals surface area contributed by atoms with Crippen molar-refractivity contribution in [3.05, 3.63) is 77.9 Å². The molecule has 186 valence electrons. The Morgan fingerprint density at radius 1 is 0.971 bits per heavy atom. The second-order valence-electron chi connectivity index (χ2n) is 8.95. The van der Waals surface area contributed by atoms with E-state index in [1.165, 1.54) is 21.9 Å². The predicted molar refractivity (Wildman–Crippen MR) is 139 cm³/mol. The maximum Gasteiger partial charge on any atom is 0.323 e. The standard InChI is InChI=1S/C27H33N3O4S/c1-2-5-26(27(31)32)30(35(33)34)29-18-16-28(17-19-29)25-14-11-21(12-15-25)8-9-22-10-13-23-6-3-4-7-24(23)20-22/h3-4,6-7,10-15,20,26H,2,5,8-9,16-19H2,1H3,(H,31,32)(H,33,34)/p-1. The summed E-state index contributed by atoms with van der Waals surface area (Å²) in [5, 5.41) is 13.7. The van der Waals surface area contributed by atoms with Crippen LogP contribution in [0.5, 0.6) is 0 Å². The normalized spacial score (nSPS) is 16.5. The van der Waals surface area contributed by atoms with Crippen LogP contribution in [0.4, 0.5) is 5.69 Å². The summed E-state index contributed by atoms with van der Waals surface area (Å²) in [7, 11) is 0. The van der Waals surface area contributed by atoms with Gasteiger partial charge in [-0.2, -0.15) is 4.41 Å². The minimum Gasteiger partial charge on any atom is -0.759 e. The van der Waals surface area contributed by atoms with Gasteiger partial charge in [-0.3, -0.25) is 9.00 Å². The number of aryl methyl sites for hydroxylation is 2. The van der Waals surface area contributed by atoms with Gasteiger partial charge in [-0.15, -0.1) is 0 Å². The highest BCUT2D eigenvalue weighted by Gasteiger charge is 2.32. The van der Waals surface area contributed by atoms with E-state index in [0.29, 0.717) is 32.6 Å². The monoisotopic (exact) mass is 494 g/mol. The van der Waals surface area contributed by atoms with Gasteiger partial charge >= 0.3 is 5.97 Å². The summed E-state index contributed by atoms with van der Waals surface area (Å²) in [6.45, 7) is 4.01. The Kier molecular flexibility index (Phi) is 8.51. The number of anilines is 1. The molecule has 1 fully saturated rings. The molecule has 0 aromatic heterocycles. The minimum atomic E-state index is -2.63. The Hall–Kier alpha value is -2.78. The van der Waals surface area contributed by atoms with E-state index in [0.717, 1.165) is 22.9 Å². The number of carboxylic acids is 1. The third-order valence-electron chi connectivity index (χ3n) is 6.62. The summed E-state index contributed by atoms with van der Waals surface area (Å²) in [5.41, 5.74) is 3.70. The number of nitrogens with zero attached hydrogens (tertiary/aromatic N) is 3. The molecule has 2 atom stereocenters. The number of hydrogen-bond donors (Lipinski definition) is 1. The summed E-state index contributed by atoms with van der Waals surface area (Å²) in [5.74, 6) is -1.11. The summed E-state index contributed by atoms with van der Waals surface area (Å²) in [6, 6.07) is 22.5. The number of rotatable bonds is 10. The van der Waals surface area contributed by atoms with Gasteiger partial charge in [-0.1, -0.05) is 67.9 Å². The molecule has 1 aliphatic rings. The molecule has 2 unspecified atom stereocenters. The topological polar surface area (TPSA) is 87.2 Å². The molecule has 1 N–H and O–H groups in total. The molecule has 3 aromatic rings. The van der Waals surface area contributed by atoms with Crippen molar-refractivity contribution in [1.29, 1.82) is 0 Å². The van der Waals surface area contributed by atoms with Gasteiger partial charge in [0.2, 0.25) is 0 Å². The molecule has 0 saturated carbocycles. The van der Waals surface area contributed by atoms with Crippen LogP contribution in [0.25, 0.3) is 10.8 Å². The van der Waals surface area contributed by atoms with Crippen LogP contribution in [-0.2, 0) is 28.9 Å². The van der Waals surface area contributed by atoms with Crippen molar-refractivity contribution in [2.75, 3.05) is 31.1 Å². The molecule has 0 radical (unpaired) electrons. The van der Waals surface area contributed by atoms with Crippen molar-refractivity contribution in [1.82, 2.24) is 9.42 Å². The Balaban J connectivity index is 1.33. The number of carbonyl (C=O) groups is 1. The lowest BCUT2D eigenvalue weighted by molar-refractivity contribution is -0.147. The number of benzene rings is 3. The van der Waals surface area contributed by atoms with Crippen molar-refractivity contribution in [2.45, 2.75) is 38.6 Å². The van der Waals surface area contributed by atoms with Crippen LogP contribution in [-0.4, -0.2) is 61.5 Å². The number of hydrazine groups is 1. The number of hydrogen-bond acceptors (Lipinski definition) is 5. The maximum atomic E-state index is 11.8. The van der Waals surface area contributed by atoms with E-state index in [1.54, 1.807) is 5.01 Å². The molecule has 4 rings (SSSR count). The van der Waals surface area contributed by atoms with E-state index in [4.69, 9.17) is 0 Å². The fourth-order valence-electron chi connectivity index (χ4n) is 4.70. The summed E-state index contributed by atoms with van der Waals surface area (Å²) in [4.78, 5) is 13.9. The molecule has 0 amide bonds. The highest BCUT2D eigenvalue weighted by atomic mass is 32.2. The second kappa shape index (κ2) is 11.8. The summed E-state index contributed by atoms with van der Waals surface area (Å²) < 4.78 is 24.7. The fourth-order valence-corrected chi connectivity index (χ4v) is 5.46. The van der Waals surface area contributed by atoms with Crippen LogP contribution >= 0.6 is 0 Å². The average molecular weight is 495 g/mol. The first-order valence-corrected chi connectivity index (χ1v) is 13.2. The van der Waals surface area contributed by atoms with Crippen LogP contribution in [0.1, 0.15) is 30.9 Å². The maximum absolute atomic E-state index is 11.8. The first-order valence-electron chi connectivity index (χ1n) is 12.1. The number of piperazine rings is 1. The molecule has 1 heterocycles. The molecular formula is C27H32N3O4S-. The molecule has 7 nitrogen and oxygen atoms in total. The van der Waals surface area contributed by atoms with E-state index < -0.39 is 23.3 Å². The summed E-state index contributed by atoms with van der Waals surface area (Å²) >= 11 is -2.63. The van der Waals surface area contributed by atoms with Crippen LogP contribution in [0.15, 0.2) is 66.7 Å². The molecule has 8 heteroatoms. The fraction of sp³-hybridized carbons (Fsp3) is 0.370. The first-order chi connectivity index (χ1) is 17.0. The van der Waals surface area contributed by atoms with E-state index in [2.05, 4.69) is 71.6 Å². The molecule has 1 aliphatic heterocycles. The van der Waals surface area contributed by atoms with Gasteiger partial charge in [0, 0.05) is 43.1 Å². The number of fused-ring (bicyclic) bond motifs is 1. The van der Waals surface area contributed by atoms with Crippen molar-refractivity contribution < 1.29 is 18.7 Å². The predicted octanol–water partition coefficient (Wildman–Crippen LogP) is 4.01. The smallest absolute Gasteiger partial charge is 0.323 e. The van der Waals surface area contributed by atoms with Crippen molar-refractivity contribution >= 4 is 33.7 Å². The highest BCUT2D eigenvalue weighted by molar-refractivity contribution is 7.76. The summed E-state index contributed by atoms with van der Waals surface area (Å²) in [6.07, 6.45) is 2.82. The molecular weight excluding hydrogens is 462 g/mol. The third-order valence-corrected chi connectivity index (χ3v) is 7.41. The van der Waals surface area contributed by atoms with Crippen LogP contribution in [0.3, 0.4) is 0 Å². The molecule has 1 saturated heterocycles. The Morgan fingerprint density at radius 3 is 2.23 bits per heavy atom. The minimum absolute atomic E-state index is 0.282. The van der Waals surface area contributed by atoms with E-state index in [-0.39, 0.29) is 6.42 Å². The van der Waals surface area contributed by atoms with Gasteiger partial charge in [0.05, 0.1) is 0 Å². The van der Waals surface area contributed by atoms with Crippen molar-refractivity contribution in [2.24, 2.45) is 0 Å². The zero-order valence-electron chi connectivity index (χ0n) is 20.0. The van der Waals surface area contributed by atoms with Gasteiger partial charge in [0.15, 0.2) is 0 Å². The van der Waals surface area contributed by atoms with Gasteiger partial charge < -0.3 is 14.6 Å². The van der Waals surface area contributed by atoms with E-state index in [1.807, 2.05) is 6.92 Å². The van der Waals surface area contributed by atoms with Crippen LogP contribution in [0.2, 0.25) is 0 Å². The highest BCUT2D eigenvalue weighted by Crippen LogP contribution is 2.22. The Bertz CT molecular complexity index is 1160. The largest absolute Gasteiger partial charge is 0.759 e. The van der Waals surface area contributed by atoms with Gasteiger partial charge in [-0.05, 0) is 53.3 Å². The van der Waals surface area contributed by atoms with E-state index >= 15 is 0 Å². The average Bonchev–Trinajstić information content (AvgIpc) is 2.87. The molecule has 35 heavy (non-hydrogen) atoms. The van der Waals surface area contributed by atoms with Crippen molar-refractivity contribution in [3.63, 3.8) is 0 Å². The molecule has 0 bridgehead atoms. The van der Waals surface area contributed by atoms with Gasteiger partial charge in [-0.25, -0.2) is 5.01 Å². The van der Waals surface area contributed by atoms with Crippen LogP contribution in [0, 0.1) is 0 Å². The lowest BCUT2D eigenvalue weighted by Crippen LogP contribution is -2.58. The molecule has 0 aliphatic carbocycles. The Labute approximate surface area is 209 Å². The zero-order chi connectivity index (χ0) is 24.8. The lowest BCUT2D eigenvalue weighted by Gasteiger charge is -2.44. The zero-order valence-corrected chi connectivity index (χ0v) is 20.8. The van der Waals surface area contributed by atoms with Crippen molar-refractivity contribution in [3.8, 4) is 0 Å². The SMILES string of the molecule is CCCC(C(=O)O)N(N1CCN(c2ccc(CCc3ccc4ccccc4c3)cc2)CC1)S(=O)[O-]. The number of carboxylic acid groups (broad SMARTS) is 1. The number of aliphatic carboxylic acids is 1. The molecule has 3 aromatic carbocycles. The van der Waals surface area contributed by atoms with Gasteiger partial charge in [0.1, 0.15) is 6.04 Å². The Morgan fingerprint density at radius 2 is 1.60 bits per heavy atom. The van der Waals surface area contributed by atoms with Gasteiger partial charge in [0.25, 0.3) is 0 Å². The lowest BCUT2D eigenvalue weighted by atomic mass is 10.0.